The molecule has 1 aliphatic rings. The van der Waals surface area contributed by atoms with Crippen LogP contribution in [0, 0.1) is 0 Å². The number of hydrogen-bond acceptors (Lipinski definition) is 4. The molecule has 1 N–H and O–H groups in total. The third-order valence-corrected chi connectivity index (χ3v) is 7.32. The highest BCUT2D eigenvalue weighted by Crippen LogP contribution is 2.31. The zero-order chi connectivity index (χ0) is 24.1. The number of nitrogens with one attached hydrogen (secondary N) is 1. The van der Waals surface area contributed by atoms with Gasteiger partial charge in [-0.25, -0.2) is 0 Å². The fourth-order valence-electron chi connectivity index (χ4n) is 4.61. The fraction of sp³-hybridized carbons (Fsp3) is 0.370. The van der Waals surface area contributed by atoms with Gasteiger partial charge in [0.2, 0.25) is 11.8 Å². The Kier molecular flexibility index (Phi) is 7.63. The number of thiophene rings is 1. The van der Waals surface area contributed by atoms with E-state index >= 15 is 0 Å². The van der Waals surface area contributed by atoms with E-state index < -0.39 is 6.04 Å². The molecule has 1 saturated carbocycles. The van der Waals surface area contributed by atoms with Crippen molar-refractivity contribution in [3.63, 3.8) is 0 Å². The first kappa shape index (κ1) is 24.0. The summed E-state index contributed by atoms with van der Waals surface area (Å²) in [5, 5.41) is 5.17. The van der Waals surface area contributed by atoms with Crippen LogP contribution in [0.5, 0.6) is 0 Å². The number of rotatable bonds is 8. The smallest absolute Gasteiger partial charge is 0.249 e. The maximum Gasteiger partial charge on any atom is 0.249 e. The maximum atomic E-state index is 13.8. The van der Waals surface area contributed by atoms with Crippen molar-refractivity contribution in [3.8, 4) is 0 Å². The highest BCUT2D eigenvalue weighted by atomic mass is 32.1. The lowest BCUT2D eigenvalue weighted by atomic mass is 9.95. The van der Waals surface area contributed by atoms with Gasteiger partial charge in [-0.15, -0.1) is 11.3 Å². The van der Waals surface area contributed by atoms with Crippen LogP contribution < -0.4 is 10.2 Å². The molecular formula is C27H31N3O3S. The molecule has 2 heterocycles. The summed E-state index contributed by atoms with van der Waals surface area (Å²) in [6, 6.07) is 13.9. The molecule has 3 aromatic rings. The molecular weight excluding hydrogens is 446 g/mol. The summed E-state index contributed by atoms with van der Waals surface area (Å²) < 4.78 is 1.89. The van der Waals surface area contributed by atoms with E-state index in [1.165, 1.54) is 24.7 Å². The van der Waals surface area contributed by atoms with Crippen LogP contribution >= 0.6 is 11.3 Å². The van der Waals surface area contributed by atoms with Crippen molar-refractivity contribution in [1.82, 2.24) is 9.88 Å². The Balaban J connectivity index is 1.74. The molecule has 6 nitrogen and oxygen atoms in total. The van der Waals surface area contributed by atoms with Crippen LogP contribution in [0.4, 0.5) is 5.69 Å². The summed E-state index contributed by atoms with van der Waals surface area (Å²) in [4.78, 5) is 41.9. The van der Waals surface area contributed by atoms with E-state index in [2.05, 4.69) is 5.32 Å². The topological polar surface area (TPSA) is 71.4 Å². The Morgan fingerprint density at radius 3 is 2.38 bits per heavy atom. The van der Waals surface area contributed by atoms with Crippen LogP contribution in [-0.4, -0.2) is 28.2 Å². The highest BCUT2D eigenvalue weighted by Gasteiger charge is 2.35. The number of Topliss-reactive ketones (excluding diaryl/α,β-unsaturated/α-hetero) is 1. The number of ketones is 1. The number of aryl methyl sites for hydroxylation is 1. The summed E-state index contributed by atoms with van der Waals surface area (Å²) in [7, 11) is 1.89. The molecule has 0 aliphatic heterocycles. The van der Waals surface area contributed by atoms with Crippen LogP contribution in [0.25, 0.3) is 0 Å². The average Bonchev–Trinajstić information content (AvgIpc) is 3.49. The molecule has 1 aromatic carbocycles. The normalized spacial score (nSPS) is 15.0. The minimum absolute atomic E-state index is 0.0444. The van der Waals surface area contributed by atoms with Crippen molar-refractivity contribution in [1.29, 1.82) is 0 Å². The lowest BCUT2D eigenvalue weighted by Gasteiger charge is -2.33. The van der Waals surface area contributed by atoms with E-state index in [1.54, 1.807) is 29.2 Å². The molecule has 1 fully saturated rings. The van der Waals surface area contributed by atoms with E-state index in [9.17, 15) is 14.4 Å². The van der Waals surface area contributed by atoms with Gasteiger partial charge < -0.3 is 9.88 Å². The van der Waals surface area contributed by atoms with E-state index in [-0.39, 0.29) is 30.1 Å². The van der Waals surface area contributed by atoms with Gasteiger partial charge in [-0.2, -0.15) is 0 Å². The largest absolute Gasteiger partial charge is 0.352 e. The number of carbonyl (C=O) groups excluding carboxylic acids is 3. The molecule has 4 rings (SSSR count). The van der Waals surface area contributed by atoms with Gasteiger partial charge >= 0.3 is 0 Å². The second-order valence-electron chi connectivity index (χ2n) is 8.91. The summed E-state index contributed by atoms with van der Waals surface area (Å²) >= 11 is 1.52. The Morgan fingerprint density at radius 2 is 1.79 bits per heavy atom. The second-order valence-corrected chi connectivity index (χ2v) is 9.95. The molecule has 7 heteroatoms. The summed E-state index contributed by atoms with van der Waals surface area (Å²) in [5.74, 6) is -0.385. The molecule has 0 bridgehead atoms. The van der Waals surface area contributed by atoms with Gasteiger partial charge in [0.05, 0.1) is 12.1 Å². The van der Waals surface area contributed by atoms with Crippen molar-refractivity contribution in [2.75, 3.05) is 4.90 Å². The molecule has 2 amide bonds. The molecule has 0 radical (unpaired) electrons. The average molecular weight is 478 g/mol. The van der Waals surface area contributed by atoms with E-state index in [1.807, 2.05) is 47.5 Å². The first-order chi connectivity index (χ1) is 16.4. The number of aromatic nitrogens is 1. The first-order valence-corrected chi connectivity index (χ1v) is 12.7. The van der Waals surface area contributed by atoms with Gasteiger partial charge in [0.1, 0.15) is 0 Å². The first-order valence-electron chi connectivity index (χ1n) is 11.8. The summed E-state index contributed by atoms with van der Waals surface area (Å²) in [5.41, 5.74) is 1.90. The van der Waals surface area contributed by atoms with Gasteiger partial charge in [-0.3, -0.25) is 19.3 Å². The molecule has 1 aliphatic carbocycles. The van der Waals surface area contributed by atoms with Crippen molar-refractivity contribution >= 4 is 34.6 Å². The molecule has 178 valence electrons. The molecule has 2 aromatic heterocycles. The minimum Gasteiger partial charge on any atom is -0.352 e. The zero-order valence-electron chi connectivity index (χ0n) is 19.7. The number of benzene rings is 1. The highest BCUT2D eigenvalue weighted by molar-refractivity contribution is 7.10. The molecule has 1 atom stereocenters. The van der Waals surface area contributed by atoms with Crippen molar-refractivity contribution in [2.45, 2.75) is 57.5 Å². The molecule has 0 saturated heterocycles. The minimum atomic E-state index is -0.822. The predicted octanol–water partition coefficient (Wildman–Crippen LogP) is 5.06. The van der Waals surface area contributed by atoms with Gasteiger partial charge in [0, 0.05) is 35.4 Å². The fourth-order valence-corrected chi connectivity index (χ4v) is 5.31. The second kappa shape index (κ2) is 10.8. The van der Waals surface area contributed by atoms with Crippen LogP contribution in [-0.2, 0) is 23.1 Å². The summed E-state index contributed by atoms with van der Waals surface area (Å²) in [6.45, 7) is 1.51. The van der Waals surface area contributed by atoms with Crippen LogP contribution in [0.1, 0.15) is 66.0 Å². The van der Waals surface area contributed by atoms with Gasteiger partial charge in [-0.05, 0) is 67.6 Å². The Morgan fingerprint density at radius 1 is 1.06 bits per heavy atom. The van der Waals surface area contributed by atoms with Crippen molar-refractivity contribution in [2.24, 2.45) is 7.05 Å². The van der Waals surface area contributed by atoms with Crippen LogP contribution in [0.15, 0.2) is 60.1 Å². The number of hydrogen-bond donors (Lipinski definition) is 1. The van der Waals surface area contributed by atoms with Gasteiger partial charge in [0.25, 0.3) is 0 Å². The Hall–Kier alpha value is -3.19. The van der Waals surface area contributed by atoms with E-state index in [4.69, 9.17) is 0 Å². The Labute approximate surface area is 204 Å². The zero-order valence-corrected chi connectivity index (χ0v) is 20.5. The number of nitrogens with zero attached hydrogens (tertiary/aromatic N) is 2. The Bertz CT molecular complexity index is 1130. The molecule has 1 unspecified atom stereocenters. The third kappa shape index (κ3) is 5.47. The SMILES string of the molecule is CC(=O)c1ccc(N(C(=O)Cc2cccs2)C(C(=O)NC2CCCCC2)c2cccn2C)cc1. The quantitative estimate of drug-likeness (QED) is 0.461. The van der Waals surface area contributed by atoms with Gasteiger partial charge in [-0.1, -0.05) is 25.3 Å². The van der Waals surface area contributed by atoms with Crippen molar-refractivity contribution in [3.05, 3.63) is 76.2 Å². The summed E-state index contributed by atoms with van der Waals surface area (Å²) in [6.07, 6.45) is 7.41. The molecule has 0 spiro atoms. The third-order valence-electron chi connectivity index (χ3n) is 6.45. The lowest BCUT2D eigenvalue weighted by Crippen LogP contribution is -2.48. The number of carbonyl (C=O) groups is 3. The van der Waals surface area contributed by atoms with Gasteiger partial charge in [0.15, 0.2) is 11.8 Å². The number of anilines is 1. The van der Waals surface area contributed by atoms with Crippen LogP contribution in [0.2, 0.25) is 0 Å². The monoisotopic (exact) mass is 477 g/mol. The predicted molar refractivity (Wildman–Crippen MR) is 135 cm³/mol. The van der Waals surface area contributed by atoms with E-state index in [0.29, 0.717) is 11.3 Å². The maximum absolute atomic E-state index is 13.8. The standard InChI is InChI=1S/C27H31N3O3S/c1-19(31)20-12-14-22(15-13-20)30(25(32)18-23-10-7-17-34-23)26(24-11-6-16-29(24)2)27(33)28-21-8-4-3-5-9-21/h6-7,10-17,21,26H,3-5,8-9,18H2,1-2H3,(H,28,33). The lowest BCUT2D eigenvalue weighted by molar-refractivity contribution is -0.127. The van der Waals surface area contributed by atoms with Crippen LogP contribution in [0.3, 0.4) is 0 Å². The number of amides is 2. The molecule has 34 heavy (non-hydrogen) atoms. The van der Waals surface area contributed by atoms with E-state index in [0.717, 1.165) is 36.3 Å². The van der Waals surface area contributed by atoms with Crippen molar-refractivity contribution < 1.29 is 14.4 Å².